The molecule has 3 heterocycles. The first-order valence-corrected chi connectivity index (χ1v) is 7.88. The smallest absolute Gasteiger partial charge is 0.241 e. The monoisotopic (exact) mass is 319 g/mol. The molecule has 0 fully saturated rings. The molecular weight excluding hydrogens is 302 g/mol. The third-order valence-corrected chi connectivity index (χ3v) is 3.86. The number of hydrogen-bond acceptors (Lipinski definition) is 7. The van der Waals surface area contributed by atoms with E-state index in [0.717, 1.165) is 17.9 Å². The maximum Gasteiger partial charge on any atom is 0.241 e. The summed E-state index contributed by atoms with van der Waals surface area (Å²) >= 11 is 1.61. The lowest BCUT2D eigenvalue weighted by Crippen LogP contribution is -2.26. The molecule has 0 atom stereocenters. The zero-order chi connectivity index (χ0) is 15.2. The average molecular weight is 319 g/mol. The molecule has 0 spiro atoms. The molecule has 0 N–H and O–H groups in total. The van der Waals surface area contributed by atoms with Gasteiger partial charge in [-0.15, -0.1) is 0 Å². The van der Waals surface area contributed by atoms with Crippen molar-refractivity contribution < 1.29 is 13.7 Å². The molecule has 3 aromatic rings. The van der Waals surface area contributed by atoms with Gasteiger partial charge in [-0.1, -0.05) is 5.16 Å². The average Bonchev–Trinajstić information content (AvgIpc) is 3.26. The van der Waals surface area contributed by atoms with Crippen molar-refractivity contribution in [3.63, 3.8) is 0 Å². The molecule has 0 saturated carbocycles. The number of nitrogens with zero attached hydrogens (tertiary/aromatic N) is 3. The summed E-state index contributed by atoms with van der Waals surface area (Å²) in [5.74, 6) is 2.11. The minimum absolute atomic E-state index is 0.557. The lowest BCUT2D eigenvalue weighted by molar-refractivity contribution is 0.126. The molecule has 116 valence electrons. The number of rotatable bonds is 8. The van der Waals surface area contributed by atoms with Gasteiger partial charge in [0.1, 0.15) is 5.76 Å². The fourth-order valence-corrected chi connectivity index (χ4v) is 2.71. The molecule has 0 aliphatic carbocycles. The molecule has 3 aromatic heterocycles. The summed E-state index contributed by atoms with van der Waals surface area (Å²) < 4.78 is 15.9. The Bertz CT molecular complexity index is 664. The molecule has 7 heteroatoms. The van der Waals surface area contributed by atoms with Gasteiger partial charge in [0.05, 0.1) is 26.0 Å². The molecule has 0 aliphatic rings. The van der Waals surface area contributed by atoms with Gasteiger partial charge in [-0.2, -0.15) is 16.3 Å². The third kappa shape index (κ3) is 3.82. The summed E-state index contributed by atoms with van der Waals surface area (Å²) in [5.41, 5.74) is 0.981. The van der Waals surface area contributed by atoms with E-state index in [1.807, 2.05) is 29.0 Å². The molecule has 0 aromatic carbocycles. The number of hydrogen-bond donors (Lipinski definition) is 0. The molecule has 6 nitrogen and oxygen atoms in total. The second kappa shape index (κ2) is 7.35. The van der Waals surface area contributed by atoms with Crippen LogP contribution in [0.4, 0.5) is 0 Å². The Morgan fingerprint density at radius 2 is 2.27 bits per heavy atom. The molecule has 0 unspecified atom stereocenters. The number of methoxy groups -OCH3 is 1. The van der Waals surface area contributed by atoms with Gasteiger partial charge in [-0.05, 0) is 23.6 Å². The molecule has 0 bridgehead atoms. The molecule has 3 rings (SSSR count). The Labute approximate surface area is 132 Å². The highest BCUT2D eigenvalue weighted by atomic mass is 32.1. The minimum atomic E-state index is 0.557. The molecule has 0 saturated heterocycles. The van der Waals surface area contributed by atoms with Gasteiger partial charge >= 0.3 is 0 Å². The van der Waals surface area contributed by atoms with Crippen molar-refractivity contribution in [2.24, 2.45) is 0 Å². The summed E-state index contributed by atoms with van der Waals surface area (Å²) in [6.07, 6.45) is 1.67. The van der Waals surface area contributed by atoms with Crippen LogP contribution >= 0.6 is 11.3 Å². The van der Waals surface area contributed by atoms with Gasteiger partial charge < -0.3 is 13.7 Å². The van der Waals surface area contributed by atoms with Crippen LogP contribution in [-0.4, -0.2) is 35.3 Å². The quantitative estimate of drug-likeness (QED) is 0.636. The zero-order valence-corrected chi connectivity index (χ0v) is 13.1. The van der Waals surface area contributed by atoms with E-state index in [-0.39, 0.29) is 0 Å². The molecule has 0 aliphatic heterocycles. The first-order valence-electron chi connectivity index (χ1n) is 6.94. The Hall–Kier alpha value is -1.96. The van der Waals surface area contributed by atoms with Crippen LogP contribution in [0.2, 0.25) is 0 Å². The van der Waals surface area contributed by atoms with Gasteiger partial charge in [0.25, 0.3) is 0 Å². The van der Waals surface area contributed by atoms with Crippen LogP contribution in [0.3, 0.4) is 0 Å². The zero-order valence-electron chi connectivity index (χ0n) is 12.3. The van der Waals surface area contributed by atoms with E-state index in [0.29, 0.717) is 31.4 Å². The lowest BCUT2D eigenvalue weighted by Gasteiger charge is -2.18. The summed E-state index contributed by atoms with van der Waals surface area (Å²) in [5, 5.41) is 8.02. The molecule has 0 radical (unpaired) electrons. The Morgan fingerprint density at radius 1 is 1.32 bits per heavy atom. The van der Waals surface area contributed by atoms with E-state index >= 15 is 0 Å². The molecular formula is C15H17N3O3S. The van der Waals surface area contributed by atoms with E-state index in [4.69, 9.17) is 13.7 Å². The highest BCUT2D eigenvalue weighted by Gasteiger charge is 2.14. The second-order valence-electron chi connectivity index (χ2n) is 4.81. The highest BCUT2D eigenvalue weighted by Crippen LogP contribution is 2.19. The van der Waals surface area contributed by atoms with E-state index < -0.39 is 0 Å². The summed E-state index contributed by atoms with van der Waals surface area (Å²) in [4.78, 5) is 6.59. The Morgan fingerprint density at radius 3 is 3.00 bits per heavy atom. The van der Waals surface area contributed by atoms with E-state index in [2.05, 4.69) is 15.0 Å². The van der Waals surface area contributed by atoms with Gasteiger partial charge in [0.15, 0.2) is 0 Å². The van der Waals surface area contributed by atoms with Crippen molar-refractivity contribution in [2.75, 3.05) is 20.3 Å². The summed E-state index contributed by atoms with van der Waals surface area (Å²) in [6.45, 7) is 2.62. The maximum atomic E-state index is 5.40. The SMILES string of the molecule is COCCN(Cc1ccco1)Cc1nc(-c2ccsc2)no1. The van der Waals surface area contributed by atoms with Crippen molar-refractivity contribution in [1.29, 1.82) is 0 Å². The van der Waals surface area contributed by atoms with E-state index in [1.54, 1.807) is 24.7 Å². The summed E-state index contributed by atoms with van der Waals surface area (Å²) in [7, 11) is 1.69. The predicted octanol–water partition coefficient (Wildman–Crippen LogP) is 3.04. The Kier molecular flexibility index (Phi) is 4.99. The van der Waals surface area contributed by atoms with Crippen LogP contribution in [0.5, 0.6) is 0 Å². The number of aromatic nitrogens is 2. The number of thiophene rings is 1. The fraction of sp³-hybridized carbons (Fsp3) is 0.333. The number of furan rings is 1. The largest absolute Gasteiger partial charge is 0.468 e. The van der Waals surface area contributed by atoms with Crippen molar-refractivity contribution in [3.05, 3.63) is 46.9 Å². The van der Waals surface area contributed by atoms with Gasteiger partial charge in [0.2, 0.25) is 11.7 Å². The van der Waals surface area contributed by atoms with Crippen LogP contribution in [0.15, 0.2) is 44.2 Å². The first kappa shape index (κ1) is 15.0. The molecule has 22 heavy (non-hydrogen) atoms. The van der Waals surface area contributed by atoms with E-state index in [1.165, 1.54) is 0 Å². The van der Waals surface area contributed by atoms with Crippen LogP contribution < -0.4 is 0 Å². The second-order valence-corrected chi connectivity index (χ2v) is 5.59. The van der Waals surface area contributed by atoms with Crippen molar-refractivity contribution in [2.45, 2.75) is 13.1 Å². The Balaban J connectivity index is 1.67. The highest BCUT2D eigenvalue weighted by molar-refractivity contribution is 7.08. The summed E-state index contributed by atoms with van der Waals surface area (Å²) in [6, 6.07) is 5.81. The van der Waals surface area contributed by atoms with Crippen molar-refractivity contribution >= 4 is 11.3 Å². The topological polar surface area (TPSA) is 64.5 Å². The predicted molar refractivity (Wildman–Crippen MR) is 82.3 cm³/mol. The van der Waals surface area contributed by atoms with Crippen molar-refractivity contribution in [1.82, 2.24) is 15.0 Å². The first-order chi connectivity index (χ1) is 10.8. The van der Waals surface area contributed by atoms with Gasteiger partial charge in [-0.25, -0.2) is 0 Å². The minimum Gasteiger partial charge on any atom is -0.468 e. The normalized spacial score (nSPS) is 11.4. The van der Waals surface area contributed by atoms with Crippen LogP contribution in [0, 0.1) is 0 Å². The van der Waals surface area contributed by atoms with Gasteiger partial charge in [-0.3, -0.25) is 4.90 Å². The third-order valence-electron chi connectivity index (χ3n) is 3.18. The molecule has 0 amide bonds. The van der Waals surface area contributed by atoms with E-state index in [9.17, 15) is 0 Å². The standard InChI is InChI=1S/C15H17N3O3S/c1-19-7-5-18(9-13-3-2-6-20-13)10-14-16-15(17-21-14)12-4-8-22-11-12/h2-4,6,8,11H,5,7,9-10H2,1H3. The lowest BCUT2D eigenvalue weighted by atomic mass is 10.3. The van der Waals surface area contributed by atoms with Crippen LogP contribution in [0.1, 0.15) is 11.7 Å². The maximum absolute atomic E-state index is 5.40. The fourth-order valence-electron chi connectivity index (χ4n) is 2.08. The van der Waals surface area contributed by atoms with Gasteiger partial charge in [0, 0.05) is 24.6 Å². The van der Waals surface area contributed by atoms with Crippen molar-refractivity contribution in [3.8, 4) is 11.4 Å². The van der Waals surface area contributed by atoms with Crippen LogP contribution in [0.25, 0.3) is 11.4 Å². The number of ether oxygens (including phenoxy) is 1. The van der Waals surface area contributed by atoms with Crippen LogP contribution in [-0.2, 0) is 17.8 Å².